The van der Waals surface area contributed by atoms with Crippen molar-refractivity contribution in [3.63, 3.8) is 0 Å². The average Bonchev–Trinajstić information content (AvgIpc) is 3.19. The molecule has 0 aromatic carbocycles. The molecule has 0 atom stereocenters. The van der Waals surface area contributed by atoms with Gasteiger partial charge in [-0.15, -0.1) is 0 Å². The van der Waals surface area contributed by atoms with Crippen molar-refractivity contribution in [3.8, 4) is 11.5 Å². The molecule has 0 unspecified atom stereocenters. The van der Waals surface area contributed by atoms with Crippen LogP contribution >= 0.6 is 0 Å². The second kappa shape index (κ2) is 5.86. The molecule has 3 rings (SSSR count). The molecule has 22 heavy (non-hydrogen) atoms. The third kappa shape index (κ3) is 2.40. The van der Waals surface area contributed by atoms with Crippen LogP contribution in [-0.4, -0.2) is 37.0 Å². The van der Waals surface area contributed by atoms with E-state index in [0.29, 0.717) is 17.3 Å². The average molecular weight is 300 g/mol. The van der Waals surface area contributed by atoms with Gasteiger partial charge in [0, 0.05) is 18.1 Å². The zero-order valence-electron chi connectivity index (χ0n) is 12.0. The first-order valence-electron chi connectivity index (χ1n) is 6.91. The molecule has 114 valence electrons. The molecule has 0 aliphatic carbocycles. The number of aromatic amines is 1. The van der Waals surface area contributed by atoms with Gasteiger partial charge in [-0.1, -0.05) is 13.0 Å². The number of nitrogens with one attached hydrogen (secondary N) is 3. The Kier molecular flexibility index (Phi) is 3.75. The predicted molar refractivity (Wildman–Crippen MR) is 80.6 cm³/mol. The summed E-state index contributed by atoms with van der Waals surface area (Å²) < 4.78 is 1.95. The normalized spacial score (nSPS) is 10.8. The van der Waals surface area contributed by atoms with Crippen molar-refractivity contribution in [2.75, 3.05) is 11.9 Å². The fourth-order valence-corrected chi connectivity index (χ4v) is 2.36. The zero-order valence-corrected chi connectivity index (χ0v) is 12.0. The maximum atomic E-state index is 11.3. The van der Waals surface area contributed by atoms with E-state index in [4.69, 9.17) is 5.21 Å². The van der Waals surface area contributed by atoms with E-state index in [0.717, 1.165) is 17.8 Å². The lowest BCUT2D eigenvalue weighted by molar-refractivity contribution is -0.127. The van der Waals surface area contributed by atoms with Crippen molar-refractivity contribution >= 4 is 17.4 Å². The van der Waals surface area contributed by atoms with Gasteiger partial charge in [0.1, 0.15) is 17.2 Å². The molecule has 0 spiro atoms. The molecule has 0 saturated heterocycles. The zero-order chi connectivity index (χ0) is 15.5. The number of hydrogen-bond donors (Lipinski definition) is 4. The van der Waals surface area contributed by atoms with E-state index < -0.39 is 5.91 Å². The molecule has 8 heteroatoms. The topological polar surface area (TPSA) is 107 Å². The van der Waals surface area contributed by atoms with E-state index in [-0.39, 0.29) is 6.54 Å². The summed E-state index contributed by atoms with van der Waals surface area (Å²) in [6.45, 7) is 1.97. The largest absolute Gasteiger partial charge is 0.360 e. The van der Waals surface area contributed by atoms with Crippen LogP contribution in [0, 0.1) is 0 Å². The lowest BCUT2D eigenvalue weighted by atomic mass is 10.3. The van der Waals surface area contributed by atoms with Gasteiger partial charge >= 0.3 is 0 Å². The fraction of sp³-hybridized carbons (Fsp3) is 0.214. The molecule has 0 aliphatic heterocycles. The van der Waals surface area contributed by atoms with Crippen LogP contribution in [0.4, 0.5) is 5.82 Å². The van der Waals surface area contributed by atoms with E-state index in [1.165, 1.54) is 0 Å². The molecular weight excluding hydrogens is 284 g/mol. The first-order chi connectivity index (χ1) is 10.7. The van der Waals surface area contributed by atoms with Crippen LogP contribution in [0.5, 0.6) is 0 Å². The highest BCUT2D eigenvalue weighted by Gasteiger charge is 2.18. The number of carbonyl (C=O) groups is 1. The predicted octanol–water partition coefficient (Wildman–Crippen LogP) is 1.20. The van der Waals surface area contributed by atoms with Crippen molar-refractivity contribution in [2.24, 2.45) is 0 Å². The molecule has 0 aliphatic rings. The maximum Gasteiger partial charge on any atom is 0.262 e. The quantitative estimate of drug-likeness (QED) is 0.418. The van der Waals surface area contributed by atoms with Crippen molar-refractivity contribution in [1.29, 1.82) is 0 Å². The Morgan fingerprint density at radius 3 is 3.00 bits per heavy atom. The third-order valence-electron chi connectivity index (χ3n) is 3.35. The SMILES string of the molecule is CCc1cccc2nc(-c3ncc[nH]3)c(NCC(=O)NO)n12. The highest BCUT2D eigenvalue weighted by Crippen LogP contribution is 2.27. The van der Waals surface area contributed by atoms with Crippen molar-refractivity contribution in [1.82, 2.24) is 24.8 Å². The minimum Gasteiger partial charge on any atom is -0.360 e. The summed E-state index contributed by atoms with van der Waals surface area (Å²) in [6, 6.07) is 5.83. The van der Waals surface area contributed by atoms with Gasteiger partial charge in [0.25, 0.3) is 5.91 Å². The summed E-state index contributed by atoms with van der Waals surface area (Å²) in [4.78, 5) is 23.1. The van der Waals surface area contributed by atoms with Crippen molar-refractivity contribution in [3.05, 3.63) is 36.3 Å². The Hall–Kier alpha value is -2.87. The van der Waals surface area contributed by atoms with E-state index in [2.05, 4.69) is 20.3 Å². The first kappa shape index (κ1) is 14.1. The van der Waals surface area contributed by atoms with Crippen molar-refractivity contribution < 1.29 is 10.0 Å². The molecule has 3 aromatic heterocycles. The van der Waals surface area contributed by atoms with E-state index >= 15 is 0 Å². The number of rotatable bonds is 5. The second-order valence-corrected chi connectivity index (χ2v) is 4.70. The van der Waals surface area contributed by atoms with E-state index in [1.54, 1.807) is 17.9 Å². The molecule has 4 N–H and O–H groups in total. The fourth-order valence-electron chi connectivity index (χ4n) is 2.36. The molecule has 3 heterocycles. The molecule has 0 bridgehead atoms. The minimum absolute atomic E-state index is 0.0734. The minimum atomic E-state index is -0.533. The maximum absolute atomic E-state index is 11.3. The molecule has 0 radical (unpaired) electrons. The number of hydroxylamine groups is 1. The Balaban J connectivity index is 2.15. The monoisotopic (exact) mass is 300 g/mol. The number of amides is 1. The number of imidazole rings is 2. The summed E-state index contributed by atoms with van der Waals surface area (Å²) in [5.74, 6) is 0.734. The van der Waals surface area contributed by atoms with Crippen LogP contribution in [0.1, 0.15) is 12.6 Å². The summed E-state index contributed by atoms with van der Waals surface area (Å²) in [6.07, 6.45) is 4.17. The van der Waals surface area contributed by atoms with Gasteiger partial charge in [-0.3, -0.25) is 14.4 Å². The second-order valence-electron chi connectivity index (χ2n) is 4.70. The number of aromatic nitrogens is 4. The summed E-state index contributed by atoms with van der Waals surface area (Å²) in [5.41, 5.74) is 4.04. The van der Waals surface area contributed by atoms with Gasteiger partial charge in [-0.25, -0.2) is 15.4 Å². The number of carbonyl (C=O) groups excluding carboxylic acids is 1. The number of pyridine rings is 1. The van der Waals surface area contributed by atoms with Crippen LogP contribution in [0.15, 0.2) is 30.6 Å². The number of nitrogens with zero attached hydrogens (tertiary/aromatic N) is 3. The molecule has 3 aromatic rings. The molecule has 0 saturated carbocycles. The van der Waals surface area contributed by atoms with Crippen molar-refractivity contribution in [2.45, 2.75) is 13.3 Å². The van der Waals surface area contributed by atoms with Crippen LogP contribution in [0.25, 0.3) is 17.2 Å². The van der Waals surface area contributed by atoms with Gasteiger partial charge in [0.05, 0.1) is 6.54 Å². The van der Waals surface area contributed by atoms with Crippen LogP contribution in [0.2, 0.25) is 0 Å². The summed E-state index contributed by atoms with van der Waals surface area (Å²) >= 11 is 0. The number of anilines is 1. The third-order valence-corrected chi connectivity index (χ3v) is 3.35. The molecule has 8 nitrogen and oxygen atoms in total. The molecule has 1 amide bonds. The Morgan fingerprint density at radius 2 is 2.32 bits per heavy atom. The van der Waals surface area contributed by atoms with Gasteiger partial charge in [-0.05, 0) is 18.6 Å². The molecule has 0 fully saturated rings. The Labute approximate surface area is 126 Å². The first-order valence-corrected chi connectivity index (χ1v) is 6.91. The Bertz CT molecular complexity index is 793. The lowest BCUT2D eigenvalue weighted by Crippen LogP contribution is -2.27. The number of H-pyrrole nitrogens is 1. The Morgan fingerprint density at radius 1 is 1.45 bits per heavy atom. The standard InChI is InChI=1S/C14H16N6O2/c1-2-9-4-3-5-10-18-12(13-15-6-7-16-13)14(20(9)10)17-8-11(21)19-22/h3-7,17,22H,2,8H2,1H3,(H,15,16)(H,19,21). The van der Waals surface area contributed by atoms with Crippen LogP contribution < -0.4 is 10.8 Å². The van der Waals surface area contributed by atoms with Crippen LogP contribution in [-0.2, 0) is 11.2 Å². The summed E-state index contributed by atoms with van der Waals surface area (Å²) in [7, 11) is 0. The van der Waals surface area contributed by atoms with Gasteiger partial charge < -0.3 is 10.3 Å². The smallest absolute Gasteiger partial charge is 0.262 e. The highest BCUT2D eigenvalue weighted by atomic mass is 16.5. The van der Waals surface area contributed by atoms with Gasteiger partial charge in [0.2, 0.25) is 0 Å². The van der Waals surface area contributed by atoms with E-state index in [1.807, 2.05) is 29.5 Å². The number of fused-ring (bicyclic) bond motifs is 1. The summed E-state index contributed by atoms with van der Waals surface area (Å²) in [5, 5.41) is 11.7. The highest BCUT2D eigenvalue weighted by molar-refractivity contribution is 5.82. The lowest BCUT2D eigenvalue weighted by Gasteiger charge is -2.10. The van der Waals surface area contributed by atoms with Gasteiger partial charge in [-0.2, -0.15) is 0 Å². The molecular formula is C14H16N6O2. The number of aryl methyl sites for hydroxylation is 1. The van der Waals surface area contributed by atoms with Crippen LogP contribution in [0.3, 0.4) is 0 Å². The number of hydrogen-bond acceptors (Lipinski definition) is 5. The van der Waals surface area contributed by atoms with E-state index in [9.17, 15) is 4.79 Å². The van der Waals surface area contributed by atoms with Gasteiger partial charge in [0.15, 0.2) is 5.82 Å².